The number of hydrogen-bond acceptors (Lipinski definition) is 3. The number of anilines is 1. The van der Waals surface area contributed by atoms with Crippen molar-refractivity contribution in [1.82, 2.24) is 4.98 Å². The predicted octanol–water partition coefficient (Wildman–Crippen LogP) is 0.676. The first-order valence-corrected chi connectivity index (χ1v) is 4.08. The highest BCUT2D eigenvalue weighted by atomic mass is 16.2. The lowest BCUT2D eigenvalue weighted by Crippen LogP contribution is -2.32. The molecule has 4 nitrogen and oxygen atoms in total. The molecule has 0 aliphatic heterocycles. The fourth-order valence-electron chi connectivity index (χ4n) is 0.798. The quantitative estimate of drug-likeness (QED) is 0.701. The Labute approximate surface area is 77.2 Å². The fraction of sp³-hybridized carbons (Fsp3) is 0.333. The van der Waals surface area contributed by atoms with Crippen LogP contribution in [0.25, 0.3) is 0 Å². The van der Waals surface area contributed by atoms with Gasteiger partial charge in [0.15, 0.2) is 0 Å². The van der Waals surface area contributed by atoms with Gasteiger partial charge >= 0.3 is 0 Å². The Morgan fingerprint density at radius 2 is 2.31 bits per heavy atom. The van der Waals surface area contributed by atoms with Crippen LogP contribution in [0.5, 0.6) is 0 Å². The summed E-state index contributed by atoms with van der Waals surface area (Å²) in [6.45, 7) is 3.52. The Morgan fingerprint density at radius 3 is 2.77 bits per heavy atom. The molecule has 4 heteroatoms. The van der Waals surface area contributed by atoms with Crippen LogP contribution in [0.2, 0.25) is 0 Å². The molecule has 0 saturated carbocycles. The monoisotopic (exact) mass is 179 g/mol. The summed E-state index contributed by atoms with van der Waals surface area (Å²) in [6, 6.07) is 3.13. The van der Waals surface area contributed by atoms with Crippen LogP contribution in [0.3, 0.4) is 0 Å². The van der Waals surface area contributed by atoms with Gasteiger partial charge in [-0.2, -0.15) is 0 Å². The van der Waals surface area contributed by atoms with Crippen LogP contribution < -0.4 is 11.1 Å². The maximum absolute atomic E-state index is 11.1. The molecule has 0 aromatic carbocycles. The fourth-order valence-corrected chi connectivity index (χ4v) is 0.798. The second kappa shape index (κ2) is 4.00. The SMILES string of the molecule is Cc1ccc(NC(=O)[C@@H](C)N)cn1. The van der Waals surface area contributed by atoms with E-state index in [1.165, 1.54) is 0 Å². The summed E-state index contributed by atoms with van der Waals surface area (Å²) in [5.41, 5.74) is 6.97. The standard InChI is InChI=1S/C9H13N3O/c1-6-3-4-8(5-11-6)12-9(13)7(2)10/h3-5,7H,10H2,1-2H3,(H,12,13)/t7-/m1/s1. The molecule has 0 aliphatic carbocycles. The molecular formula is C9H13N3O. The van der Waals surface area contributed by atoms with Gasteiger partial charge in [0, 0.05) is 5.69 Å². The molecule has 0 bridgehead atoms. The second-order valence-corrected chi connectivity index (χ2v) is 2.97. The molecule has 0 spiro atoms. The van der Waals surface area contributed by atoms with Crippen molar-refractivity contribution in [3.63, 3.8) is 0 Å². The summed E-state index contributed by atoms with van der Waals surface area (Å²) >= 11 is 0. The molecule has 3 N–H and O–H groups in total. The van der Waals surface area contributed by atoms with Crippen LogP contribution in [0.1, 0.15) is 12.6 Å². The van der Waals surface area contributed by atoms with E-state index in [9.17, 15) is 4.79 Å². The van der Waals surface area contributed by atoms with E-state index in [0.717, 1.165) is 5.69 Å². The Kier molecular flexibility index (Phi) is 2.97. The minimum Gasteiger partial charge on any atom is -0.323 e. The van der Waals surface area contributed by atoms with Gasteiger partial charge in [0.1, 0.15) is 0 Å². The molecule has 1 aromatic heterocycles. The third-order valence-electron chi connectivity index (χ3n) is 1.59. The minimum absolute atomic E-state index is 0.203. The summed E-state index contributed by atoms with van der Waals surface area (Å²) < 4.78 is 0. The van der Waals surface area contributed by atoms with Gasteiger partial charge < -0.3 is 11.1 Å². The largest absolute Gasteiger partial charge is 0.323 e. The Hall–Kier alpha value is -1.42. The summed E-state index contributed by atoms with van der Waals surface area (Å²) in [4.78, 5) is 15.2. The van der Waals surface area contributed by atoms with Gasteiger partial charge in [0.2, 0.25) is 5.91 Å². The number of aromatic nitrogens is 1. The number of amides is 1. The minimum atomic E-state index is -0.499. The van der Waals surface area contributed by atoms with E-state index in [4.69, 9.17) is 5.73 Å². The van der Waals surface area contributed by atoms with E-state index >= 15 is 0 Å². The lowest BCUT2D eigenvalue weighted by Gasteiger charge is -2.06. The van der Waals surface area contributed by atoms with Gasteiger partial charge in [-0.25, -0.2) is 0 Å². The van der Waals surface area contributed by atoms with E-state index in [1.54, 1.807) is 19.2 Å². The summed E-state index contributed by atoms with van der Waals surface area (Å²) in [7, 11) is 0. The summed E-state index contributed by atoms with van der Waals surface area (Å²) in [5, 5.41) is 2.64. The molecule has 1 atom stereocenters. The number of hydrogen-bond donors (Lipinski definition) is 2. The summed E-state index contributed by atoms with van der Waals surface area (Å²) in [5.74, 6) is -0.203. The maximum atomic E-state index is 11.1. The van der Waals surface area contributed by atoms with Crippen molar-refractivity contribution in [3.05, 3.63) is 24.0 Å². The number of rotatable bonds is 2. The second-order valence-electron chi connectivity index (χ2n) is 2.97. The third-order valence-corrected chi connectivity index (χ3v) is 1.59. The molecule has 13 heavy (non-hydrogen) atoms. The van der Waals surface area contributed by atoms with Crippen molar-refractivity contribution < 1.29 is 4.79 Å². The average Bonchev–Trinajstić information content (AvgIpc) is 2.08. The van der Waals surface area contributed by atoms with Crippen LogP contribution in [0.4, 0.5) is 5.69 Å². The lowest BCUT2D eigenvalue weighted by molar-refractivity contribution is -0.117. The third kappa shape index (κ3) is 2.83. The van der Waals surface area contributed by atoms with Gasteiger partial charge in [-0.05, 0) is 26.0 Å². The zero-order valence-electron chi connectivity index (χ0n) is 7.74. The molecule has 70 valence electrons. The van der Waals surface area contributed by atoms with Crippen molar-refractivity contribution in [2.75, 3.05) is 5.32 Å². The van der Waals surface area contributed by atoms with Gasteiger partial charge in [-0.15, -0.1) is 0 Å². The zero-order chi connectivity index (χ0) is 9.84. The maximum Gasteiger partial charge on any atom is 0.241 e. The van der Waals surface area contributed by atoms with Crippen LogP contribution in [-0.2, 0) is 4.79 Å². The van der Waals surface area contributed by atoms with Crippen molar-refractivity contribution in [2.24, 2.45) is 5.73 Å². The highest BCUT2D eigenvalue weighted by molar-refractivity contribution is 5.94. The van der Waals surface area contributed by atoms with E-state index in [0.29, 0.717) is 5.69 Å². The number of carbonyl (C=O) groups is 1. The molecule has 0 fully saturated rings. The topological polar surface area (TPSA) is 68.0 Å². The normalized spacial score (nSPS) is 12.2. The molecule has 0 radical (unpaired) electrons. The number of nitrogens with one attached hydrogen (secondary N) is 1. The Morgan fingerprint density at radius 1 is 1.62 bits per heavy atom. The van der Waals surface area contributed by atoms with E-state index in [-0.39, 0.29) is 5.91 Å². The summed E-state index contributed by atoms with van der Waals surface area (Å²) in [6.07, 6.45) is 1.61. The first kappa shape index (κ1) is 9.67. The smallest absolute Gasteiger partial charge is 0.241 e. The Balaban J connectivity index is 2.65. The van der Waals surface area contributed by atoms with Crippen molar-refractivity contribution in [3.8, 4) is 0 Å². The van der Waals surface area contributed by atoms with Crippen molar-refractivity contribution in [1.29, 1.82) is 0 Å². The average molecular weight is 179 g/mol. The number of nitrogens with zero attached hydrogens (tertiary/aromatic N) is 1. The number of pyridine rings is 1. The zero-order valence-corrected chi connectivity index (χ0v) is 7.74. The van der Waals surface area contributed by atoms with Crippen LogP contribution in [0, 0.1) is 6.92 Å². The van der Waals surface area contributed by atoms with E-state index < -0.39 is 6.04 Å². The van der Waals surface area contributed by atoms with Gasteiger partial charge in [0.05, 0.1) is 17.9 Å². The van der Waals surface area contributed by atoms with Crippen LogP contribution in [-0.4, -0.2) is 16.9 Å². The molecule has 0 unspecified atom stereocenters. The van der Waals surface area contributed by atoms with Gasteiger partial charge in [0.25, 0.3) is 0 Å². The molecule has 1 heterocycles. The highest BCUT2D eigenvalue weighted by Gasteiger charge is 2.06. The first-order chi connectivity index (χ1) is 6.09. The highest BCUT2D eigenvalue weighted by Crippen LogP contribution is 2.05. The molecule has 1 rings (SSSR count). The van der Waals surface area contributed by atoms with Gasteiger partial charge in [-0.3, -0.25) is 9.78 Å². The number of carbonyl (C=O) groups excluding carboxylic acids is 1. The lowest BCUT2D eigenvalue weighted by atomic mass is 10.3. The number of nitrogens with two attached hydrogens (primary N) is 1. The van der Waals surface area contributed by atoms with E-state index in [2.05, 4.69) is 10.3 Å². The molecule has 0 saturated heterocycles. The molecule has 0 aliphatic rings. The molecule has 1 aromatic rings. The molecular weight excluding hydrogens is 166 g/mol. The Bertz CT molecular complexity index is 292. The van der Waals surface area contributed by atoms with Crippen LogP contribution in [0.15, 0.2) is 18.3 Å². The first-order valence-electron chi connectivity index (χ1n) is 4.08. The van der Waals surface area contributed by atoms with Crippen molar-refractivity contribution >= 4 is 11.6 Å². The van der Waals surface area contributed by atoms with Crippen molar-refractivity contribution in [2.45, 2.75) is 19.9 Å². The van der Waals surface area contributed by atoms with E-state index in [1.807, 2.05) is 13.0 Å². The van der Waals surface area contributed by atoms with Gasteiger partial charge in [-0.1, -0.05) is 0 Å². The molecule has 1 amide bonds. The van der Waals surface area contributed by atoms with Crippen LogP contribution >= 0.6 is 0 Å². The predicted molar refractivity (Wildman–Crippen MR) is 51.3 cm³/mol. The number of aryl methyl sites for hydroxylation is 1.